The third-order valence-corrected chi connectivity index (χ3v) is 2.83. The zero-order valence-corrected chi connectivity index (χ0v) is 12.3. The Morgan fingerprint density at radius 3 is 2.81 bits per heavy atom. The second-order valence-electron chi connectivity index (χ2n) is 4.45. The van der Waals surface area contributed by atoms with Crippen LogP contribution < -0.4 is 10.6 Å². The summed E-state index contributed by atoms with van der Waals surface area (Å²) in [6.45, 7) is 3.17. The molecule has 0 saturated carbocycles. The first kappa shape index (κ1) is 15.0. The summed E-state index contributed by atoms with van der Waals surface area (Å²) >= 11 is 5.89. The number of aromatic nitrogens is 3. The monoisotopic (exact) mass is 307 g/mol. The van der Waals surface area contributed by atoms with Crippen molar-refractivity contribution < 1.29 is 9.59 Å². The standard InChI is InChI=1S/C13H14ClN5O2/c1-8-3-4-10(14)5-11(8)17-13(21)7-19-15-6-12(18-19)16-9(2)20/h3-6H,7H2,1-2H3,(H,17,21)(H,16,18,20). The van der Waals surface area contributed by atoms with Crippen molar-refractivity contribution in [3.63, 3.8) is 0 Å². The molecule has 0 spiro atoms. The van der Waals surface area contributed by atoms with Crippen molar-refractivity contribution in [2.45, 2.75) is 20.4 Å². The average molecular weight is 308 g/mol. The minimum atomic E-state index is -0.287. The van der Waals surface area contributed by atoms with Gasteiger partial charge in [0.05, 0.1) is 6.20 Å². The number of aryl methyl sites for hydroxylation is 1. The molecule has 0 fully saturated rings. The number of carbonyl (C=O) groups excluding carboxylic acids is 2. The molecule has 0 unspecified atom stereocenters. The fourth-order valence-electron chi connectivity index (χ4n) is 1.66. The Morgan fingerprint density at radius 1 is 1.33 bits per heavy atom. The molecular weight excluding hydrogens is 294 g/mol. The number of carbonyl (C=O) groups is 2. The van der Waals surface area contributed by atoms with Crippen LogP contribution in [0, 0.1) is 6.92 Å². The zero-order chi connectivity index (χ0) is 15.4. The summed E-state index contributed by atoms with van der Waals surface area (Å²) in [4.78, 5) is 24.0. The van der Waals surface area contributed by atoms with Gasteiger partial charge in [0.2, 0.25) is 11.8 Å². The first-order chi connectivity index (χ1) is 9.94. The maximum absolute atomic E-state index is 11.9. The van der Waals surface area contributed by atoms with Gasteiger partial charge in [0, 0.05) is 17.6 Å². The number of anilines is 2. The fourth-order valence-corrected chi connectivity index (χ4v) is 1.83. The summed E-state index contributed by atoms with van der Waals surface area (Å²) in [6.07, 6.45) is 1.37. The lowest BCUT2D eigenvalue weighted by Gasteiger charge is -2.08. The molecule has 7 nitrogen and oxygen atoms in total. The highest BCUT2D eigenvalue weighted by atomic mass is 35.5. The van der Waals surface area contributed by atoms with Crippen molar-refractivity contribution in [2.24, 2.45) is 0 Å². The lowest BCUT2D eigenvalue weighted by molar-refractivity contribution is -0.117. The molecule has 2 aromatic rings. The summed E-state index contributed by atoms with van der Waals surface area (Å²) in [5.41, 5.74) is 1.54. The summed E-state index contributed by atoms with van der Waals surface area (Å²) in [5.74, 6) is -0.236. The van der Waals surface area contributed by atoms with Crippen LogP contribution in [0.5, 0.6) is 0 Å². The van der Waals surface area contributed by atoms with Crippen molar-refractivity contribution in [3.8, 4) is 0 Å². The number of benzene rings is 1. The van der Waals surface area contributed by atoms with Gasteiger partial charge in [-0.25, -0.2) is 0 Å². The largest absolute Gasteiger partial charge is 0.324 e. The Bertz CT molecular complexity index is 683. The van der Waals surface area contributed by atoms with Crippen LogP contribution in [0.2, 0.25) is 5.02 Å². The molecular formula is C13H14ClN5O2. The topological polar surface area (TPSA) is 88.9 Å². The van der Waals surface area contributed by atoms with Crippen LogP contribution in [-0.4, -0.2) is 26.8 Å². The molecule has 0 aliphatic carbocycles. The van der Waals surface area contributed by atoms with Gasteiger partial charge in [0.15, 0.2) is 5.82 Å². The molecule has 2 amide bonds. The van der Waals surface area contributed by atoms with E-state index in [1.54, 1.807) is 12.1 Å². The Balaban J connectivity index is 2.00. The smallest absolute Gasteiger partial charge is 0.247 e. The van der Waals surface area contributed by atoms with Gasteiger partial charge >= 0.3 is 0 Å². The molecule has 0 radical (unpaired) electrons. The molecule has 0 saturated heterocycles. The summed E-state index contributed by atoms with van der Waals surface area (Å²) in [6, 6.07) is 5.24. The number of hydrogen-bond acceptors (Lipinski definition) is 4. The Kier molecular flexibility index (Phi) is 4.54. The SMILES string of the molecule is CC(=O)Nc1cnn(CC(=O)Nc2cc(Cl)ccc2C)n1. The van der Waals surface area contributed by atoms with Crippen LogP contribution in [-0.2, 0) is 16.1 Å². The lowest BCUT2D eigenvalue weighted by atomic mass is 10.2. The van der Waals surface area contributed by atoms with Crippen molar-refractivity contribution in [1.82, 2.24) is 15.0 Å². The Labute approximate surface area is 126 Å². The van der Waals surface area contributed by atoms with Gasteiger partial charge < -0.3 is 10.6 Å². The Hall–Kier alpha value is -2.41. The number of halogens is 1. The Morgan fingerprint density at radius 2 is 2.10 bits per heavy atom. The molecule has 21 heavy (non-hydrogen) atoms. The molecule has 8 heteroatoms. The first-order valence-corrected chi connectivity index (χ1v) is 6.55. The molecule has 0 bridgehead atoms. The molecule has 1 aromatic heterocycles. The minimum Gasteiger partial charge on any atom is -0.324 e. The number of amides is 2. The van der Waals surface area contributed by atoms with E-state index in [-0.39, 0.29) is 18.4 Å². The summed E-state index contributed by atoms with van der Waals surface area (Å²) in [5, 5.41) is 13.6. The summed E-state index contributed by atoms with van der Waals surface area (Å²) < 4.78 is 0. The van der Waals surface area contributed by atoms with Crippen molar-refractivity contribution in [2.75, 3.05) is 10.6 Å². The highest BCUT2D eigenvalue weighted by Crippen LogP contribution is 2.20. The van der Waals surface area contributed by atoms with Crippen molar-refractivity contribution >= 4 is 34.9 Å². The molecule has 1 aromatic carbocycles. The van der Waals surface area contributed by atoms with Gasteiger partial charge in [-0.1, -0.05) is 17.7 Å². The van der Waals surface area contributed by atoms with Crippen LogP contribution in [0.25, 0.3) is 0 Å². The number of hydrogen-bond donors (Lipinski definition) is 2. The number of nitrogens with one attached hydrogen (secondary N) is 2. The second kappa shape index (κ2) is 6.36. The van der Waals surface area contributed by atoms with Crippen molar-refractivity contribution in [1.29, 1.82) is 0 Å². The third-order valence-electron chi connectivity index (χ3n) is 2.60. The van der Waals surface area contributed by atoms with Crippen LogP contribution in [0.1, 0.15) is 12.5 Å². The zero-order valence-electron chi connectivity index (χ0n) is 11.6. The maximum Gasteiger partial charge on any atom is 0.247 e. The highest BCUT2D eigenvalue weighted by molar-refractivity contribution is 6.31. The maximum atomic E-state index is 11.9. The molecule has 0 aliphatic rings. The highest BCUT2D eigenvalue weighted by Gasteiger charge is 2.09. The molecule has 0 aliphatic heterocycles. The van der Waals surface area contributed by atoms with E-state index in [1.165, 1.54) is 17.9 Å². The van der Waals surface area contributed by atoms with Crippen LogP contribution in [0.3, 0.4) is 0 Å². The van der Waals surface area contributed by atoms with Crippen molar-refractivity contribution in [3.05, 3.63) is 35.0 Å². The van der Waals surface area contributed by atoms with Gasteiger partial charge in [0.1, 0.15) is 6.54 Å². The van der Waals surface area contributed by atoms with E-state index in [9.17, 15) is 9.59 Å². The number of nitrogens with zero attached hydrogens (tertiary/aromatic N) is 3. The van der Waals surface area contributed by atoms with Crippen LogP contribution >= 0.6 is 11.6 Å². The van der Waals surface area contributed by atoms with E-state index in [2.05, 4.69) is 20.8 Å². The van der Waals surface area contributed by atoms with E-state index in [4.69, 9.17) is 11.6 Å². The van der Waals surface area contributed by atoms with Gasteiger partial charge in [-0.2, -0.15) is 9.90 Å². The molecule has 0 atom stereocenters. The van der Waals surface area contributed by atoms with Crippen LogP contribution in [0.15, 0.2) is 24.4 Å². The van der Waals surface area contributed by atoms with Gasteiger partial charge in [-0.3, -0.25) is 9.59 Å². The van der Waals surface area contributed by atoms with Gasteiger partial charge in [0.25, 0.3) is 0 Å². The van der Waals surface area contributed by atoms with Gasteiger partial charge in [-0.05, 0) is 24.6 Å². The fraction of sp³-hybridized carbons (Fsp3) is 0.231. The van der Waals surface area contributed by atoms with E-state index < -0.39 is 0 Å². The lowest BCUT2D eigenvalue weighted by Crippen LogP contribution is -2.21. The van der Waals surface area contributed by atoms with Gasteiger partial charge in [-0.15, -0.1) is 5.10 Å². The second-order valence-corrected chi connectivity index (χ2v) is 4.89. The molecule has 2 N–H and O–H groups in total. The summed E-state index contributed by atoms with van der Waals surface area (Å²) in [7, 11) is 0. The predicted molar refractivity (Wildman–Crippen MR) is 79.1 cm³/mol. The first-order valence-electron chi connectivity index (χ1n) is 6.18. The number of rotatable bonds is 4. The normalized spacial score (nSPS) is 10.2. The van der Waals surface area contributed by atoms with E-state index in [0.29, 0.717) is 16.5 Å². The van der Waals surface area contributed by atoms with E-state index in [1.807, 2.05) is 13.0 Å². The minimum absolute atomic E-state index is 0.0640. The van der Waals surface area contributed by atoms with E-state index in [0.717, 1.165) is 5.56 Å². The quantitative estimate of drug-likeness (QED) is 0.902. The van der Waals surface area contributed by atoms with Crippen LogP contribution in [0.4, 0.5) is 11.5 Å². The third kappa shape index (κ3) is 4.28. The molecule has 110 valence electrons. The van der Waals surface area contributed by atoms with E-state index >= 15 is 0 Å². The predicted octanol–water partition coefficient (Wildman–Crippen LogP) is 1.84. The molecule has 2 rings (SSSR count). The average Bonchev–Trinajstić information content (AvgIpc) is 2.80. The molecule has 1 heterocycles.